The van der Waals surface area contributed by atoms with Gasteiger partial charge in [-0.25, -0.2) is 0 Å². The summed E-state index contributed by atoms with van der Waals surface area (Å²) in [7, 11) is 1.67. The summed E-state index contributed by atoms with van der Waals surface area (Å²) in [5, 5.41) is 20.7. The molecular weight excluding hydrogens is 504 g/mol. The minimum atomic E-state index is -0.599. The molecule has 1 unspecified atom stereocenters. The van der Waals surface area contributed by atoms with Crippen LogP contribution in [0.5, 0.6) is 11.5 Å². The zero-order valence-corrected chi connectivity index (χ0v) is 22.9. The normalized spacial score (nSPS) is 15.1. The van der Waals surface area contributed by atoms with Crippen LogP contribution in [0.25, 0.3) is 22.0 Å². The minimum absolute atomic E-state index is 0.204. The smallest absolute Gasteiger partial charge is 0.128 e. The van der Waals surface area contributed by atoms with E-state index in [4.69, 9.17) is 19.5 Å². The number of H-pyrrole nitrogens is 1. The number of ether oxygens (including phenoxy) is 3. The van der Waals surface area contributed by atoms with Crippen molar-refractivity contribution in [3.8, 4) is 28.7 Å². The Labute approximate surface area is 235 Å². The second kappa shape index (κ2) is 13.5. The van der Waals surface area contributed by atoms with Crippen LogP contribution in [0, 0.1) is 11.3 Å². The van der Waals surface area contributed by atoms with Crippen molar-refractivity contribution in [2.24, 2.45) is 0 Å². The number of aliphatic hydroxyl groups excluding tert-OH is 1. The molecule has 4 aromatic rings. The molecule has 0 aliphatic carbocycles. The molecule has 2 heterocycles. The summed E-state index contributed by atoms with van der Waals surface area (Å²) in [5.41, 5.74) is 5.06. The van der Waals surface area contributed by atoms with Crippen LogP contribution in [-0.4, -0.2) is 85.6 Å². The zero-order valence-electron chi connectivity index (χ0n) is 22.9. The molecule has 1 aromatic heterocycles. The van der Waals surface area contributed by atoms with E-state index >= 15 is 0 Å². The Hall–Kier alpha value is -3.87. The maximum atomic E-state index is 10.7. The van der Waals surface area contributed by atoms with E-state index in [1.807, 2.05) is 30.3 Å². The standard InChI is InChI=1S/C32H36N4O4/c1-38-17-18-39-28-11-9-24(10-12-28)29-6-3-2-5-25(29)21-35-13-15-36(16-14-35)22-27(37)23-40-32-8-4-7-31-30(32)19-26(20-33)34-31/h2-12,19,27,34,37H,13-18,21-23H2,1H3. The van der Waals surface area contributed by atoms with E-state index in [-0.39, 0.29) is 6.61 Å². The van der Waals surface area contributed by atoms with Gasteiger partial charge in [0.2, 0.25) is 0 Å². The van der Waals surface area contributed by atoms with Crippen molar-refractivity contribution in [3.05, 3.63) is 84.1 Å². The Bertz CT molecular complexity index is 1420. The monoisotopic (exact) mass is 540 g/mol. The van der Waals surface area contributed by atoms with Crippen LogP contribution in [0.3, 0.4) is 0 Å². The second-order valence-electron chi connectivity index (χ2n) is 10.1. The van der Waals surface area contributed by atoms with Crippen molar-refractivity contribution < 1.29 is 19.3 Å². The SMILES string of the molecule is COCCOc1ccc(-c2ccccc2CN2CCN(CC(O)COc3cccc4[nH]c(C#N)cc34)CC2)cc1. The molecular formula is C32H36N4O4. The highest BCUT2D eigenvalue weighted by Crippen LogP contribution is 2.28. The number of fused-ring (bicyclic) bond motifs is 1. The first-order valence-electron chi connectivity index (χ1n) is 13.7. The first kappa shape index (κ1) is 27.7. The lowest BCUT2D eigenvalue weighted by Crippen LogP contribution is -2.48. The number of nitriles is 1. The summed E-state index contributed by atoms with van der Waals surface area (Å²) < 4.78 is 16.7. The molecule has 0 saturated carbocycles. The second-order valence-corrected chi connectivity index (χ2v) is 10.1. The molecule has 5 rings (SSSR count). The van der Waals surface area contributed by atoms with Gasteiger partial charge in [-0.2, -0.15) is 5.26 Å². The van der Waals surface area contributed by atoms with Crippen LogP contribution in [-0.2, 0) is 11.3 Å². The topological polar surface area (TPSA) is 94.0 Å². The largest absolute Gasteiger partial charge is 0.491 e. The number of benzene rings is 3. The van der Waals surface area contributed by atoms with Gasteiger partial charge in [0.25, 0.3) is 0 Å². The van der Waals surface area contributed by atoms with Crippen molar-refractivity contribution in [2.75, 3.05) is 59.7 Å². The molecule has 40 heavy (non-hydrogen) atoms. The Balaban J connectivity index is 1.10. The number of hydrogen-bond donors (Lipinski definition) is 2. The van der Waals surface area contributed by atoms with Gasteiger partial charge in [-0.3, -0.25) is 9.80 Å². The van der Waals surface area contributed by atoms with Gasteiger partial charge in [-0.05, 0) is 47.0 Å². The van der Waals surface area contributed by atoms with E-state index in [0.717, 1.165) is 49.4 Å². The molecule has 1 atom stereocenters. The molecule has 0 spiro atoms. The number of hydrogen-bond acceptors (Lipinski definition) is 7. The molecule has 2 N–H and O–H groups in total. The number of nitrogens with zero attached hydrogens (tertiary/aromatic N) is 3. The summed E-state index contributed by atoms with van der Waals surface area (Å²) >= 11 is 0. The van der Waals surface area contributed by atoms with E-state index in [2.05, 4.69) is 57.3 Å². The van der Waals surface area contributed by atoms with Crippen LogP contribution >= 0.6 is 0 Å². The molecule has 8 nitrogen and oxygen atoms in total. The van der Waals surface area contributed by atoms with E-state index in [9.17, 15) is 5.11 Å². The van der Waals surface area contributed by atoms with E-state index < -0.39 is 6.10 Å². The number of aromatic amines is 1. The number of aromatic nitrogens is 1. The van der Waals surface area contributed by atoms with Crippen LogP contribution in [0.15, 0.2) is 72.8 Å². The molecule has 0 radical (unpaired) electrons. The lowest BCUT2D eigenvalue weighted by atomic mass is 9.99. The third kappa shape index (κ3) is 7.00. The number of methoxy groups -OCH3 is 1. The quantitative estimate of drug-likeness (QED) is 0.259. The van der Waals surface area contributed by atoms with Gasteiger partial charge in [0.15, 0.2) is 0 Å². The van der Waals surface area contributed by atoms with Gasteiger partial charge < -0.3 is 24.3 Å². The summed E-state index contributed by atoms with van der Waals surface area (Å²) in [5.74, 6) is 1.52. The lowest BCUT2D eigenvalue weighted by molar-refractivity contribution is 0.0450. The Morgan fingerprint density at radius 2 is 1.70 bits per heavy atom. The molecule has 8 heteroatoms. The average Bonchev–Trinajstić information content (AvgIpc) is 3.42. The molecule has 1 aliphatic rings. The molecule has 1 fully saturated rings. The predicted molar refractivity (Wildman–Crippen MR) is 155 cm³/mol. The summed E-state index contributed by atoms with van der Waals surface area (Å²) in [6.45, 7) is 6.43. The molecule has 1 saturated heterocycles. The highest BCUT2D eigenvalue weighted by atomic mass is 16.5. The fourth-order valence-corrected chi connectivity index (χ4v) is 5.13. The van der Waals surface area contributed by atoms with Crippen LogP contribution < -0.4 is 9.47 Å². The third-order valence-corrected chi connectivity index (χ3v) is 7.24. The summed E-state index contributed by atoms with van der Waals surface area (Å²) in [6, 6.07) is 26.4. The molecule has 3 aromatic carbocycles. The van der Waals surface area contributed by atoms with Crippen molar-refractivity contribution in [1.82, 2.24) is 14.8 Å². The van der Waals surface area contributed by atoms with Gasteiger partial charge in [-0.1, -0.05) is 42.5 Å². The molecule has 208 valence electrons. The van der Waals surface area contributed by atoms with Gasteiger partial charge in [0.1, 0.15) is 42.6 Å². The summed E-state index contributed by atoms with van der Waals surface area (Å²) in [6.07, 6.45) is -0.599. The van der Waals surface area contributed by atoms with Crippen molar-refractivity contribution in [1.29, 1.82) is 5.26 Å². The van der Waals surface area contributed by atoms with Crippen LogP contribution in [0.1, 0.15) is 11.3 Å². The number of nitrogens with one attached hydrogen (secondary N) is 1. The summed E-state index contributed by atoms with van der Waals surface area (Å²) in [4.78, 5) is 7.83. The Morgan fingerprint density at radius 3 is 2.48 bits per heavy atom. The maximum absolute atomic E-state index is 10.7. The van der Waals surface area contributed by atoms with Crippen LogP contribution in [0.2, 0.25) is 0 Å². The van der Waals surface area contributed by atoms with E-state index in [1.54, 1.807) is 13.2 Å². The lowest BCUT2D eigenvalue weighted by Gasteiger charge is -2.35. The number of aliphatic hydroxyl groups is 1. The van der Waals surface area contributed by atoms with E-state index in [1.165, 1.54) is 16.7 Å². The number of piperazine rings is 1. The first-order valence-corrected chi connectivity index (χ1v) is 13.7. The molecule has 0 bridgehead atoms. The Morgan fingerprint density at radius 1 is 0.925 bits per heavy atom. The van der Waals surface area contributed by atoms with Gasteiger partial charge in [0.05, 0.1) is 12.1 Å². The van der Waals surface area contributed by atoms with E-state index in [0.29, 0.717) is 31.2 Å². The zero-order chi connectivity index (χ0) is 27.7. The van der Waals surface area contributed by atoms with Crippen molar-refractivity contribution >= 4 is 10.9 Å². The number of β-amino-alcohol motifs (C(OH)–C–C–N with tert-alkyl or cyclic N) is 1. The maximum Gasteiger partial charge on any atom is 0.128 e. The fourth-order valence-electron chi connectivity index (χ4n) is 5.13. The van der Waals surface area contributed by atoms with Crippen LogP contribution in [0.4, 0.5) is 0 Å². The molecule has 0 amide bonds. The van der Waals surface area contributed by atoms with Gasteiger partial charge in [0, 0.05) is 51.8 Å². The van der Waals surface area contributed by atoms with Gasteiger partial charge in [-0.15, -0.1) is 0 Å². The highest BCUT2D eigenvalue weighted by molar-refractivity contribution is 5.87. The third-order valence-electron chi connectivity index (χ3n) is 7.24. The fraction of sp³-hybridized carbons (Fsp3) is 0.344. The predicted octanol–water partition coefficient (Wildman–Crippen LogP) is 4.29. The van der Waals surface area contributed by atoms with Crippen molar-refractivity contribution in [3.63, 3.8) is 0 Å². The van der Waals surface area contributed by atoms with Gasteiger partial charge >= 0.3 is 0 Å². The number of rotatable bonds is 12. The first-order chi connectivity index (χ1) is 19.6. The average molecular weight is 541 g/mol. The van der Waals surface area contributed by atoms with Crippen molar-refractivity contribution in [2.45, 2.75) is 12.6 Å². The minimum Gasteiger partial charge on any atom is -0.491 e. The molecule has 1 aliphatic heterocycles. The Kier molecular flexibility index (Phi) is 9.32. The highest BCUT2D eigenvalue weighted by Gasteiger charge is 2.21.